The molecular weight excluding hydrogens is 498 g/mol. The standard InChI is InChI=1S/C30H30BrN3O/c1-20-8-11-26(12-9-20)34-29(35)30(21(2)32-34)19-24-18-25(31)10-13-27(24)33-15-14-23(17-28(30)33)16-22-6-4-3-5-7-22/h3-13,18,23,28H,14-17,19H2,1-2H3/t23-,28-,30-/m1/s1. The Bertz CT molecular complexity index is 1300. The fourth-order valence-electron chi connectivity index (χ4n) is 6.40. The molecule has 1 fully saturated rings. The molecule has 3 aromatic rings. The molecule has 3 heterocycles. The molecule has 4 nitrogen and oxygen atoms in total. The van der Waals surface area contributed by atoms with E-state index in [9.17, 15) is 4.79 Å². The van der Waals surface area contributed by atoms with Crippen molar-refractivity contribution in [3.05, 3.63) is 94.0 Å². The number of rotatable bonds is 3. The van der Waals surface area contributed by atoms with Gasteiger partial charge in [0, 0.05) is 22.7 Å². The molecule has 0 unspecified atom stereocenters. The molecule has 1 amide bonds. The van der Waals surface area contributed by atoms with E-state index in [1.54, 1.807) is 5.01 Å². The Hall–Kier alpha value is -2.92. The Morgan fingerprint density at radius 1 is 1.03 bits per heavy atom. The summed E-state index contributed by atoms with van der Waals surface area (Å²) in [7, 11) is 0. The average molecular weight is 528 g/mol. The lowest BCUT2D eigenvalue weighted by Gasteiger charge is -2.52. The van der Waals surface area contributed by atoms with Gasteiger partial charge in [-0.25, -0.2) is 0 Å². The third-order valence-corrected chi connectivity index (χ3v) is 8.71. The molecule has 178 valence electrons. The van der Waals surface area contributed by atoms with Crippen molar-refractivity contribution in [3.63, 3.8) is 0 Å². The number of fused-ring (bicyclic) bond motifs is 4. The number of hydrogen-bond donors (Lipinski definition) is 0. The van der Waals surface area contributed by atoms with Crippen molar-refractivity contribution in [2.75, 3.05) is 16.5 Å². The number of hydrazone groups is 1. The molecule has 5 heteroatoms. The van der Waals surface area contributed by atoms with Gasteiger partial charge in [-0.05, 0) is 86.9 Å². The number of nitrogens with zero attached hydrogens (tertiary/aromatic N) is 3. The van der Waals surface area contributed by atoms with Crippen LogP contribution in [0.5, 0.6) is 0 Å². The maximum Gasteiger partial charge on any atom is 0.261 e. The second-order valence-corrected chi connectivity index (χ2v) is 11.3. The molecule has 0 aliphatic carbocycles. The van der Waals surface area contributed by atoms with E-state index in [1.807, 2.05) is 12.1 Å². The second-order valence-electron chi connectivity index (χ2n) is 10.3. The van der Waals surface area contributed by atoms with E-state index in [4.69, 9.17) is 5.10 Å². The highest BCUT2D eigenvalue weighted by Gasteiger charge is 2.59. The van der Waals surface area contributed by atoms with Crippen molar-refractivity contribution in [2.24, 2.45) is 16.4 Å². The first kappa shape index (κ1) is 22.5. The van der Waals surface area contributed by atoms with Crippen LogP contribution in [0.15, 0.2) is 82.4 Å². The van der Waals surface area contributed by atoms with Crippen LogP contribution in [0.1, 0.15) is 36.5 Å². The summed E-state index contributed by atoms with van der Waals surface area (Å²) in [5.41, 5.74) is 6.19. The number of benzene rings is 3. The highest BCUT2D eigenvalue weighted by Crippen LogP contribution is 2.51. The van der Waals surface area contributed by atoms with Crippen LogP contribution in [0.2, 0.25) is 0 Å². The fourth-order valence-corrected chi connectivity index (χ4v) is 6.81. The first-order valence-corrected chi connectivity index (χ1v) is 13.3. The Morgan fingerprint density at radius 3 is 2.57 bits per heavy atom. The SMILES string of the molecule is CC1=NN(c2ccc(C)cc2)C(=O)[C@]12Cc1cc(Br)ccc1N1CC[C@H](Cc3ccccc3)C[C@@H]12. The summed E-state index contributed by atoms with van der Waals surface area (Å²) >= 11 is 3.66. The lowest BCUT2D eigenvalue weighted by Crippen LogP contribution is -2.62. The molecule has 0 bridgehead atoms. The summed E-state index contributed by atoms with van der Waals surface area (Å²) in [6.45, 7) is 5.09. The maximum atomic E-state index is 14.4. The molecular formula is C30H30BrN3O. The maximum absolute atomic E-state index is 14.4. The van der Waals surface area contributed by atoms with E-state index in [-0.39, 0.29) is 11.9 Å². The number of anilines is 2. The lowest BCUT2D eigenvalue weighted by atomic mass is 9.64. The zero-order valence-electron chi connectivity index (χ0n) is 20.2. The third-order valence-electron chi connectivity index (χ3n) is 8.22. The van der Waals surface area contributed by atoms with Gasteiger partial charge in [-0.2, -0.15) is 10.1 Å². The minimum absolute atomic E-state index is 0.102. The highest BCUT2D eigenvalue weighted by atomic mass is 79.9. The van der Waals surface area contributed by atoms with Gasteiger partial charge < -0.3 is 4.90 Å². The summed E-state index contributed by atoms with van der Waals surface area (Å²) < 4.78 is 1.05. The quantitative estimate of drug-likeness (QED) is 0.387. The predicted octanol–water partition coefficient (Wildman–Crippen LogP) is 6.55. The van der Waals surface area contributed by atoms with Gasteiger partial charge in [0.25, 0.3) is 5.91 Å². The van der Waals surface area contributed by atoms with Gasteiger partial charge in [0.1, 0.15) is 5.41 Å². The molecule has 6 rings (SSSR count). The molecule has 35 heavy (non-hydrogen) atoms. The normalized spacial score (nSPS) is 25.5. The number of halogens is 1. The smallest absolute Gasteiger partial charge is 0.261 e. The zero-order valence-corrected chi connectivity index (χ0v) is 21.8. The Kier molecular flexibility index (Phi) is 5.56. The summed E-state index contributed by atoms with van der Waals surface area (Å²) in [6, 6.07) is 25.5. The highest BCUT2D eigenvalue weighted by molar-refractivity contribution is 9.10. The summed E-state index contributed by atoms with van der Waals surface area (Å²) in [5, 5.41) is 6.57. The number of carbonyl (C=O) groups is 1. The number of carbonyl (C=O) groups excluding carboxylic acids is 1. The lowest BCUT2D eigenvalue weighted by molar-refractivity contribution is -0.125. The van der Waals surface area contributed by atoms with Crippen LogP contribution in [-0.2, 0) is 17.6 Å². The second kappa shape index (κ2) is 8.63. The van der Waals surface area contributed by atoms with E-state index in [0.717, 1.165) is 41.7 Å². The van der Waals surface area contributed by atoms with Gasteiger partial charge in [-0.3, -0.25) is 4.79 Å². The van der Waals surface area contributed by atoms with Gasteiger partial charge in [-0.1, -0.05) is 64.0 Å². The van der Waals surface area contributed by atoms with Crippen LogP contribution in [0, 0.1) is 18.3 Å². The zero-order chi connectivity index (χ0) is 24.2. The first-order valence-electron chi connectivity index (χ1n) is 12.5. The van der Waals surface area contributed by atoms with Crippen LogP contribution in [-0.4, -0.2) is 24.2 Å². The van der Waals surface area contributed by atoms with Crippen LogP contribution >= 0.6 is 15.9 Å². The van der Waals surface area contributed by atoms with Crippen LogP contribution < -0.4 is 9.91 Å². The molecule has 1 saturated heterocycles. The third kappa shape index (κ3) is 3.72. The van der Waals surface area contributed by atoms with Gasteiger partial charge in [0.15, 0.2) is 0 Å². The Morgan fingerprint density at radius 2 is 1.80 bits per heavy atom. The number of piperidine rings is 1. The number of aryl methyl sites for hydroxylation is 1. The number of hydrogen-bond acceptors (Lipinski definition) is 3. The summed E-state index contributed by atoms with van der Waals surface area (Å²) in [5.74, 6) is 0.654. The monoisotopic (exact) mass is 527 g/mol. The topological polar surface area (TPSA) is 35.9 Å². The molecule has 3 aliphatic heterocycles. The first-order chi connectivity index (χ1) is 17.0. The van der Waals surface area contributed by atoms with E-state index in [1.165, 1.54) is 22.4 Å². The van der Waals surface area contributed by atoms with E-state index < -0.39 is 5.41 Å². The van der Waals surface area contributed by atoms with Crippen molar-refractivity contribution < 1.29 is 4.79 Å². The van der Waals surface area contributed by atoms with Gasteiger partial charge in [-0.15, -0.1) is 0 Å². The predicted molar refractivity (Wildman–Crippen MR) is 146 cm³/mol. The van der Waals surface area contributed by atoms with Gasteiger partial charge in [0.2, 0.25) is 0 Å². The summed E-state index contributed by atoms with van der Waals surface area (Å²) in [4.78, 5) is 16.9. The molecule has 0 saturated carbocycles. The molecule has 3 atom stereocenters. The summed E-state index contributed by atoms with van der Waals surface area (Å²) in [6.07, 6.45) is 3.87. The largest absolute Gasteiger partial charge is 0.367 e. The minimum Gasteiger partial charge on any atom is -0.367 e. The Balaban J connectivity index is 1.41. The van der Waals surface area contributed by atoms with Crippen molar-refractivity contribution in [2.45, 2.75) is 45.6 Å². The number of amides is 1. The van der Waals surface area contributed by atoms with Crippen molar-refractivity contribution >= 4 is 38.9 Å². The van der Waals surface area contributed by atoms with Crippen LogP contribution in [0.4, 0.5) is 11.4 Å². The molecule has 1 spiro atoms. The molecule has 0 aromatic heterocycles. The molecule has 3 aliphatic rings. The van der Waals surface area contributed by atoms with E-state index in [0.29, 0.717) is 12.3 Å². The van der Waals surface area contributed by atoms with Gasteiger partial charge in [0.05, 0.1) is 11.4 Å². The molecule has 0 N–H and O–H groups in total. The minimum atomic E-state index is -0.645. The molecule has 0 radical (unpaired) electrons. The fraction of sp³-hybridized carbons (Fsp3) is 0.333. The van der Waals surface area contributed by atoms with Crippen molar-refractivity contribution in [3.8, 4) is 0 Å². The van der Waals surface area contributed by atoms with E-state index >= 15 is 0 Å². The van der Waals surface area contributed by atoms with Crippen molar-refractivity contribution in [1.29, 1.82) is 0 Å². The van der Waals surface area contributed by atoms with Crippen LogP contribution in [0.3, 0.4) is 0 Å². The van der Waals surface area contributed by atoms with Crippen LogP contribution in [0.25, 0.3) is 0 Å². The van der Waals surface area contributed by atoms with E-state index in [2.05, 4.69) is 95.3 Å². The average Bonchev–Trinajstić information content (AvgIpc) is 3.10. The molecule has 3 aromatic carbocycles. The van der Waals surface area contributed by atoms with Crippen molar-refractivity contribution in [1.82, 2.24) is 0 Å². The Labute approximate surface area is 215 Å². The van der Waals surface area contributed by atoms with Gasteiger partial charge >= 0.3 is 0 Å².